The maximum Gasteiger partial charge on any atom is 0.410 e. The molecule has 1 heterocycles. The molecule has 1 fully saturated rings. The number of carbonyl (C=O) groups is 1. The van der Waals surface area contributed by atoms with E-state index in [-0.39, 0.29) is 24.5 Å². The average molecular weight is 316 g/mol. The first-order chi connectivity index (χ1) is 11.1. The van der Waals surface area contributed by atoms with E-state index in [1.807, 2.05) is 0 Å². The van der Waals surface area contributed by atoms with E-state index in [0.717, 1.165) is 36.8 Å². The molecular weight excluding hydrogens is 296 g/mol. The Bertz CT molecular complexity index is 659. The van der Waals surface area contributed by atoms with Crippen molar-refractivity contribution in [1.82, 2.24) is 10.1 Å². The Kier molecular flexibility index (Phi) is 4.50. The van der Waals surface area contributed by atoms with Gasteiger partial charge in [-0.15, -0.1) is 0 Å². The van der Waals surface area contributed by atoms with E-state index in [9.17, 15) is 9.90 Å². The number of phenolic OH excluding ortho intramolecular Hbond substituents is 1. The predicted molar refractivity (Wildman–Crippen MR) is 83.8 cm³/mol. The van der Waals surface area contributed by atoms with E-state index in [1.165, 1.54) is 6.26 Å². The first kappa shape index (κ1) is 15.4. The number of phenols is 1. The third-order valence-electron chi connectivity index (χ3n) is 4.32. The Morgan fingerprint density at radius 2 is 2.04 bits per heavy atom. The molecule has 0 spiro atoms. The van der Waals surface area contributed by atoms with E-state index in [0.29, 0.717) is 5.69 Å². The lowest BCUT2D eigenvalue weighted by Crippen LogP contribution is -2.35. The maximum absolute atomic E-state index is 12.1. The normalized spacial score (nSPS) is 14.8. The van der Waals surface area contributed by atoms with E-state index < -0.39 is 0 Å². The highest BCUT2D eigenvalue weighted by molar-refractivity contribution is 5.69. The number of ether oxygens (including phenoxy) is 1. The van der Waals surface area contributed by atoms with Crippen molar-refractivity contribution in [3.63, 3.8) is 0 Å². The molecule has 0 radical (unpaired) electrons. The topological polar surface area (TPSA) is 75.8 Å². The number of rotatable bonds is 4. The second-order valence-electron chi connectivity index (χ2n) is 5.83. The lowest BCUT2D eigenvalue weighted by atomic mass is 10.1. The van der Waals surface area contributed by atoms with Gasteiger partial charge < -0.3 is 19.3 Å². The van der Waals surface area contributed by atoms with Crippen molar-refractivity contribution in [3.05, 3.63) is 36.2 Å². The van der Waals surface area contributed by atoms with E-state index in [4.69, 9.17) is 9.26 Å². The molecule has 0 aliphatic heterocycles. The minimum Gasteiger partial charge on any atom is -0.508 e. The molecular formula is C17H20N2O4. The van der Waals surface area contributed by atoms with Gasteiger partial charge in [0.1, 0.15) is 24.3 Å². The van der Waals surface area contributed by atoms with Gasteiger partial charge in [-0.2, -0.15) is 0 Å². The monoisotopic (exact) mass is 316 g/mol. The number of carbonyl (C=O) groups excluding carboxylic acids is 1. The van der Waals surface area contributed by atoms with Gasteiger partial charge >= 0.3 is 6.09 Å². The molecule has 1 aromatic carbocycles. The van der Waals surface area contributed by atoms with Crippen LogP contribution in [0.4, 0.5) is 4.79 Å². The molecule has 1 saturated carbocycles. The third-order valence-corrected chi connectivity index (χ3v) is 4.32. The van der Waals surface area contributed by atoms with Crippen LogP contribution in [0.3, 0.4) is 0 Å². The maximum atomic E-state index is 12.1. The molecule has 23 heavy (non-hydrogen) atoms. The largest absolute Gasteiger partial charge is 0.508 e. The van der Waals surface area contributed by atoms with E-state index in [2.05, 4.69) is 5.16 Å². The van der Waals surface area contributed by atoms with Gasteiger partial charge in [0, 0.05) is 18.7 Å². The van der Waals surface area contributed by atoms with Crippen LogP contribution in [-0.4, -0.2) is 34.3 Å². The Balaban J connectivity index is 1.63. The van der Waals surface area contributed by atoms with Gasteiger partial charge in [0.05, 0.1) is 0 Å². The van der Waals surface area contributed by atoms with E-state index >= 15 is 0 Å². The quantitative estimate of drug-likeness (QED) is 0.933. The number of nitrogens with zero attached hydrogens (tertiary/aromatic N) is 2. The molecule has 0 unspecified atom stereocenters. The summed E-state index contributed by atoms with van der Waals surface area (Å²) in [6.45, 7) is 0.0581. The van der Waals surface area contributed by atoms with Crippen molar-refractivity contribution in [2.24, 2.45) is 0 Å². The van der Waals surface area contributed by atoms with Crippen LogP contribution in [0.25, 0.3) is 11.1 Å². The zero-order valence-electron chi connectivity index (χ0n) is 13.1. The van der Waals surface area contributed by atoms with Gasteiger partial charge in [-0.05, 0) is 30.5 Å². The SMILES string of the molecule is CN(C(=O)OCc1nocc1-c1ccc(O)cc1)C1CCCC1. The minimum atomic E-state index is -0.337. The lowest BCUT2D eigenvalue weighted by molar-refractivity contribution is 0.0900. The van der Waals surface area contributed by atoms with Gasteiger partial charge in [-0.3, -0.25) is 0 Å². The molecule has 2 aromatic rings. The summed E-state index contributed by atoms with van der Waals surface area (Å²) in [6.07, 6.45) is 5.57. The van der Waals surface area contributed by atoms with Gasteiger partial charge in [-0.25, -0.2) is 4.79 Å². The number of benzene rings is 1. The zero-order valence-corrected chi connectivity index (χ0v) is 13.1. The van der Waals surface area contributed by atoms with E-state index in [1.54, 1.807) is 36.2 Å². The smallest absolute Gasteiger partial charge is 0.410 e. The minimum absolute atomic E-state index is 0.0581. The fourth-order valence-corrected chi connectivity index (χ4v) is 2.91. The standard InChI is InChI=1S/C17H20N2O4/c1-19(13-4-2-3-5-13)17(21)22-11-16-15(10-23-18-16)12-6-8-14(20)9-7-12/h6-10,13,20H,2-5,11H2,1H3. The molecule has 1 aliphatic rings. The first-order valence-electron chi connectivity index (χ1n) is 7.77. The van der Waals surface area contributed by atoms with Crippen LogP contribution in [0, 0.1) is 0 Å². The Hall–Kier alpha value is -2.50. The molecule has 1 amide bonds. The van der Waals surface area contributed by atoms with Crippen molar-refractivity contribution in [2.45, 2.75) is 38.3 Å². The molecule has 122 valence electrons. The summed E-state index contributed by atoms with van der Waals surface area (Å²) in [5.41, 5.74) is 2.16. The van der Waals surface area contributed by atoms with Crippen LogP contribution in [0.5, 0.6) is 5.75 Å². The Labute approximate surface area is 134 Å². The highest BCUT2D eigenvalue weighted by Gasteiger charge is 2.24. The number of amides is 1. The Morgan fingerprint density at radius 1 is 1.35 bits per heavy atom. The molecule has 0 atom stereocenters. The summed E-state index contributed by atoms with van der Waals surface area (Å²) in [7, 11) is 1.78. The molecule has 1 aromatic heterocycles. The van der Waals surface area contributed by atoms with Crippen LogP contribution in [0.15, 0.2) is 35.1 Å². The molecule has 6 heteroatoms. The molecule has 1 N–H and O–H groups in total. The van der Waals surface area contributed by atoms with Crippen molar-refractivity contribution in [3.8, 4) is 16.9 Å². The van der Waals surface area contributed by atoms with Crippen molar-refractivity contribution in [2.75, 3.05) is 7.05 Å². The summed E-state index contributed by atoms with van der Waals surface area (Å²) in [5.74, 6) is 0.191. The second kappa shape index (κ2) is 6.73. The lowest BCUT2D eigenvalue weighted by Gasteiger charge is -2.23. The molecule has 1 aliphatic carbocycles. The van der Waals surface area contributed by atoms with Gasteiger partial charge in [-0.1, -0.05) is 30.1 Å². The number of aromatic nitrogens is 1. The summed E-state index contributed by atoms with van der Waals surface area (Å²) in [6, 6.07) is 6.98. The highest BCUT2D eigenvalue weighted by Crippen LogP contribution is 2.26. The van der Waals surface area contributed by atoms with Gasteiger partial charge in [0.25, 0.3) is 0 Å². The fraction of sp³-hybridized carbons (Fsp3) is 0.412. The molecule has 0 bridgehead atoms. The average Bonchev–Trinajstić information content (AvgIpc) is 3.24. The summed E-state index contributed by atoms with van der Waals surface area (Å²) in [4.78, 5) is 13.8. The fourth-order valence-electron chi connectivity index (χ4n) is 2.91. The van der Waals surface area contributed by atoms with Crippen LogP contribution in [0.2, 0.25) is 0 Å². The van der Waals surface area contributed by atoms with Gasteiger partial charge in [0.15, 0.2) is 0 Å². The van der Waals surface area contributed by atoms with Crippen LogP contribution >= 0.6 is 0 Å². The predicted octanol–water partition coefficient (Wildman–Crippen LogP) is 3.56. The molecule has 0 saturated heterocycles. The molecule has 6 nitrogen and oxygen atoms in total. The first-order valence-corrected chi connectivity index (χ1v) is 7.77. The summed E-state index contributed by atoms with van der Waals surface area (Å²) < 4.78 is 10.4. The van der Waals surface area contributed by atoms with Gasteiger partial charge in [0.2, 0.25) is 0 Å². The number of hydrogen-bond acceptors (Lipinski definition) is 5. The third kappa shape index (κ3) is 3.47. The van der Waals surface area contributed by atoms with Crippen LogP contribution in [0.1, 0.15) is 31.4 Å². The van der Waals surface area contributed by atoms with Crippen molar-refractivity contribution >= 4 is 6.09 Å². The zero-order chi connectivity index (χ0) is 16.2. The second-order valence-corrected chi connectivity index (χ2v) is 5.83. The summed E-state index contributed by atoms with van der Waals surface area (Å²) in [5, 5.41) is 13.3. The van der Waals surface area contributed by atoms with Crippen LogP contribution < -0.4 is 0 Å². The highest BCUT2D eigenvalue weighted by atomic mass is 16.6. The summed E-state index contributed by atoms with van der Waals surface area (Å²) >= 11 is 0. The van der Waals surface area contributed by atoms with Crippen molar-refractivity contribution in [1.29, 1.82) is 0 Å². The Morgan fingerprint density at radius 3 is 2.74 bits per heavy atom. The van der Waals surface area contributed by atoms with Crippen molar-refractivity contribution < 1.29 is 19.2 Å². The van der Waals surface area contributed by atoms with Crippen LogP contribution in [-0.2, 0) is 11.3 Å². The molecule has 3 rings (SSSR count). The number of hydrogen-bond donors (Lipinski definition) is 1. The number of aromatic hydroxyl groups is 1.